The molecule has 0 spiro atoms. The molecule has 0 unspecified atom stereocenters. The summed E-state index contributed by atoms with van der Waals surface area (Å²) >= 11 is 0. The fourth-order valence-electron chi connectivity index (χ4n) is 1.37. The smallest absolute Gasteiger partial charge is 0.125 e. The van der Waals surface area contributed by atoms with Gasteiger partial charge in [-0.15, -0.1) is 0 Å². The SMILES string of the molecule is Cc1cc(F)cc(-n2cccc2)c1. The summed E-state index contributed by atoms with van der Waals surface area (Å²) in [5.41, 5.74) is 1.80. The van der Waals surface area contributed by atoms with E-state index >= 15 is 0 Å². The molecule has 1 nitrogen and oxygen atoms in total. The minimum Gasteiger partial charge on any atom is -0.324 e. The van der Waals surface area contributed by atoms with Crippen molar-refractivity contribution in [1.82, 2.24) is 4.57 Å². The van der Waals surface area contributed by atoms with Crippen molar-refractivity contribution in [2.75, 3.05) is 0 Å². The Balaban J connectivity index is 2.53. The molecule has 2 aromatic rings. The maximum absolute atomic E-state index is 13.0. The van der Waals surface area contributed by atoms with E-state index in [0.717, 1.165) is 11.3 Å². The largest absolute Gasteiger partial charge is 0.324 e. The number of benzene rings is 1. The third kappa shape index (κ3) is 1.61. The summed E-state index contributed by atoms with van der Waals surface area (Å²) in [4.78, 5) is 0. The van der Waals surface area contributed by atoms with Crippen molar-refractivity contribution in [1.29, 1.82) is 0 Å². The second-order valence-corrected chi connectivity index (χ2v) is 3.08. The molecular formula is C11H10FN. The van der Waals surface area contributed by atoms with Crippen LogP contribution in [-0.4, -0.2) is 4.57 Å². The molecule has 0 saturated carbocycles. The van der Waals surface area contributed by atoms with Crippen LogP contribution in [0.4, 0.5) is 4.39 Å². The van der Waals surface area contributed by atoms with Crippen LogP contribution in [-0.2, 0) is 0 Å². The average molecular weight is 175 g/mol. The number of aryl methyl sites for hydroxylation is 1. The summed E-state index contributed by atoms with van der Waals surface area (Å²) in [5.74, 6) is -0.191. The molecule has 0 amide bonds. The predicted octanol–water partition coefficient (Wildman–Crippen LogP) is 2.92. The van der Waals surface area contributed by atoms with Gasteiger partial charge in [-0.2, -0.15) is 0 Å². The minimum absolute atomic E-state index is 0.191. The van der Waals surface area contributed by atoms with Crippen LogP contribution in [0.5, 0.6) is 0 Å². The van der Waals surface area contributed by atoms with Crippen molar-refractivity contribution in [3.05, 3.63) is 54.1 Å². The van der Waals surface area contributed by atoms with E-state index in [0.29, 0.717) is 0 Å². The van der Waals surface area contributed by atoms with Gasteiger partial charge >= 0.3 is 0 Å². The molecule has 0 radical (unpaired) electrons. The molecule has 66 valence electrons. The lowest BCUT2D eigenvalue weighted by molar-refractivity contribution is 0.625. The van der Waals surface area contributed by atoms with Crippen molar-refractivity contribution < 1.29 is 4.39 Å². The molecule has 0 aliphatic rings. The monoisotopic (exact) mass is 175 g/mol. The Morgan fingerprint density at radius 1 is 1.08 bits per heavy atom. The zero-order valence-corrected chi connectivity index (χ0v) is 7.37. The number of halogens is 1. The van der Waals surface area contributed by atoms with Gasteiger partial charge < -0.3 is 4.57 Å². The van der Waals surface area contributed by atoms with E-state index in [1.165, 1.54) is 12.1 Å². The lowest BCUT2D eigenvalue weighted by Gasteiger charge is -2.03. The van der Waals surface area contributed by atoms with E-state index in [1.54, 1.807) is 0 Å². The molecule has 0 N–H and O–H groups in total. The minimum atomic E-state index is -0.191. The number of rotatable bonds is 1. The van der Waals surface area contributed by atoms with Crippen molar-refractivity contribution in [3.8, 4) is 5.69 Å². The summed E-state index contributed by atoms with van der Waals surface area (Å²) in [6.45, 7) is 1.88. The fourth-order valence-corrected chi connectivity index (χ4v) is 1.37. The Hall–Kier alpha value is -1.57. The first kappa shape index (κ1) is 8.05. The predicted molar refractivity (Wildman–Crippen MR) is 50.5 cm³/mol. The van der Waals surface area contributed by atoms with E-state index in [4.69, 9.17) is 0 Å². The van der Waals surface area contributed by atoms with Crippen molar-refractivity contribution >= 4 is 0 Å². The van der Waals surface area contributed by atoms with Gasteiger partial charge in [0.15, 0.2) is 0 Å². The van der Waals surface area contributed by atoms with Gasteiger partial charge in [-0.3, -0.25) is 0 Å². The van der Waals surface area contributed by atoms with Crippen LogP contribution in [0.2, 0.25) is 0 Å². The quantitative estimate of drug-likeness (QED) is 0.628. The maximum atomic E-state index is 13.0. The standard InChI is InChI=1S/C11H10FN/c1-9-6-10(12)8-11(7-9)13-4-2-3-5-13/h2-8H,1H3. The molecule has 1 aromatic carbocycles. The van der Waals surface area contributed by atoms with Crippen LogP contribution in [0.1, 0.15) is 5.56 Å². The van der Waals surface area contributed by atoms with E-state index in [-0.39, 0.29) is 5.82 Å². The highest BCUT2D eigenvalue weighted by molar-refractivity contribution is 5.36. The topological polar surface area (TPSA) is 4.93 Å². The molecule has 1 aromatic heterocycles. The highest BCUT2D eigenvalue weighted by Crippen LogP contribution is 2.12. The van der Waals surface area contributed by atoms with Crippen LogP contribution in [0.25, 0.3) is 5.69 Å². The van der Waals surface area contributed by atoms with Crippen LogP contribution in [0.15, 0.2) is 42.7 Å². The van der Waals surface area contributed by atoms with Gasteiger partial charge in [0.25, 0.3) is 0 Å². The van der Waals surface area contributed by atoms with Crippen LogP contribution < -0.4 is 0 Å². The third-order valence-electron chi connectivity index (χ3n) is 1.93. The van der Waals surface area contributed by atoms with Gasteiger partial charge in [0.1, 0.15) is 5.82 Å². The molecule has 0 bridgehead atoms. The van der Waals surface area contributed by atoms with E-state index in [9.17, 15) is 4.39 Å². The first-order valence-electron chi connectivity index (χ1n) is 4.16. The summed E-state index contributed by atoms with van der Waals surface area (Å²) in [7, 11) is 0. The maximum Gasteiger partial charge on any atom is 0.125 e. The molecule has 0 atom stereocenters. The Morgan fingerprint density at radius 3 is 2.38 bits per heavy atom. The highest BCUT2D eigenvalue weighted by atomic mass is 19.1. The molecule has 0 aliphatic carbocycles. The van der Waals surface area contributed by atoms with Crippen LogP contribution in [0, 0.1) is 12.7 Å². The molecule has 0 fully saturated rings. The molecule has 0 saturated heterocycles. The van der Waals surface area contributed by atoms with Crippen molar-refractivity contribution in [3.63, 3.8) is 0 Å². The van der Waals surface area contributed by atoms with Crippen LogP contribution >= 0.6 is 0 Å². The molecule has 13 heavy (non-hydrogen) atoms. The molecule has 2 heteroatoms. The fraction of sp³-hybridized carbons (Fsp3) is 0.0909. The number of aromatic nitrogens is 1. The summed E-state index contributed by atoms with van der Waals surface area (Å²) in [6.07, 6.45) is 3.79. The Morgan fingerprint density at radius 2 is 1.77 bits per heavy atom. The zero-order valence-electron chi connectivity index (χ0n) is 7.37. The molecular weight excluding hydrogens is 165 g/mol. The number of hydrogen-bond donors (Lipinski definition) is 0. The van der Waals surface area contributed by atoms with Gasteiger partial charge in [0, 0.05) is 18.1 Å². The first-order valence-corrected chi connectivity index (χ1v) is 4.16. The highest BCUT2D eigenvalue weighted by Gasteiger charge is 1.98. The second-order valence-electron chi connectivity index (χ2n) is 3.08. The molecule has 1 heterocycles. The van der Waals surface area contributed by atoms with E-state index < -0.39 is 0 Å². The number of nitrogens with zero attached hydrogens (tertiary/aromatic N) is 1. The van der Waals surface area contributed by atoms with E-state index in [1.807, 2.05) is 42.1 Å². The summed E-state index contributed by atoms with van der Waals surface area (Å²) in [6, 6.07) is 8.82. The van der Waals surface area contributed by atoms with Gasteiger partial charge in [0.2, 0.25) is 0 Å². The second kappa shape index (κ2) is 3.05. The third-order valence-corrected chi connectivity index (χ3v) is 1.93. The van der Waals surface area contributed by atoms with Crippen molar-refractivity contribution in [2.24, 2.45) is 0 Å². The lowest BCUT2D eigenvalue weighted by atomic mass is 10.2. The van der Waals surface area contributed by atoms with Crippen molar-refractivity contribution in [2.45, 2.75) is 6.92 Å². The van der Waals surface area contributed by atoms with Gasteiger partial charge in [-0.1, -0.05) is 0 Å². The Bertz CT molecular complexity index is 384. The lowest BCUT2D eigenvalue weighted by Crippen LogP contribution is -1.91. The van der Waals surface area contributed by atoms with Gasteiger partial charge in [0.05, 0.1) is 0 Å². The van der Waals surface area contributed by atoms with E-state index in [2.05, 4.69) is 0 Å². The Labute approximate surface area is 76.4 Å². The van der Waals surface area contributed by atoms with Gasteiger partial charge in [-0.25, -0.2) is 4.39 Å². The summed E-state index contributed by atoms with van der Waals surface area (Å²) < 4.78 is 14.9. The number of hydrogen-bond acceptors (Lipinski definition) is 0. The molecule has 2 rings (SSSR count). The normalized spacial score (nSPS) is 10.3. The Kier molecular flexibility index (Phi) is 1.89. The van der Waals surface area contributed by atoms with Crippen LogP contribution in [0.3, 0.4) is 0 Å². The van der Waals surface area contributed by atoms with Gasteiger partial charge in [-0.05, 0) is 42.8 Å². The first-order chi connectivity index (χ1) is 6.25. The average Bonchev–Trinajstić information content (AvgIpc) is 2.53. The summed E-state index contributed by atoms with van der Waals surface area (Å²) in [5, 5.41) is 0. The molecule has 0 aliphatic heterocycles. The zero-order chi connectivity index (χ0) is 9.26.